The quantitative estimate of drug-likeness (QED) is 0.113. The van der Waals surface area contributed by atoms with E-state index in [0.717, 1.165) is 18.4 Å². The lowest BCUT2D eigenvalue weighted by Crippen LogP contribution is -2.50. The van der Waals surface area contributed by atoms with Crippen LogP contribution < -0.4 is 27.0 Å². The van der Waals surface area contributed by atoms with E-state index in [9.17, 15) is 24.0 Å². The standard InChI is InChI=1S/C41H62N6O5/c1-29(2)23-37(38(49)26-33(17-11-12-20-42)40(51)47-21-18-35(19-22-47)45-41(52)43-4)46-39(50)34(24-31-13-7-5-8-14-31)25-36(48)28-44-27-30(3)32-15-9-6-10-16-32/h5-10,13-16,29-30,33-35,37,44H,11-12,17-28,42H2,1-4H3,(H,46,50)(H2,43,45,52)/t30-,33-,34-,37+/m0/s1. The number of benzene rings is 2. The number of urea groups is 1. The SMILES string of the molecule is CNC(=O)NC1CCN(C(=O)[C@@H](CCCCN)CC(=O)[C@@H](CC(C)C)NC(=O)[C@H](CC(=O)CNC[C@H](C)c2ccccc2)Cc2ccccc2)CC1. The molecule has 0 radical (unpaired) electrons. The van der Waals surface area contributed by atoms with Gasteiger partial charge in [-0.25, -0.2) is 4.79 Å². The maximum absolute atomic E-state index is 14.0. The zero-order valence-corrected chi connectivity index (χ0v) is 31.7. The fraction of sp³-hybridized carbons (Fsp3) is 0.585. The third kappa shape index (κ3) is 14.9. The first-order valence-electron chi connectivity index (χ1n) is 19.1. The summed E-state index contributed by atoms with van der Waals surface area (Å²) in [6.45, 7) is 8.38. The number of nitrogens with one attached hydrogen (secondary N) is 4. The minimum atomic E-state index is -0.780. The van der Waals surface area contributed by atoms with Crippen molar-refractivity contribution in [2.24, 2.45) is 23.5 Å². The molecule has 0 unspecified atom stereocenters. The first-order chi connectivity index (χ1) is 25.0. The van der Waals surface area contributed by atoms with Gasteiger partial charge in [-0.3, -0.25) is 19.2 Å². The molecular formula is C41H62N6O5. The zero-order valence-electron chi connectivity index (χ0n) is 31.7. The Morgan fingerprint density at radius 2 is 1.52 bits per heavy atom. The van der Waals surface area contributed by atoms with Gasteiger partial charge in [0.15, 0.2) is 5.78 Å². The van der Waals surface area contributed by atoms with Crippen LogP contribution in [0.5, 0.6) is 0 Å². The van der Waals surface area contributed by atoms with Crippen molar-refractivity contribution in [3.8, 4) is 0 Å². The van der Waals surface area contributed by atoms with Crippen LogP contribution in [-0.4, -0.2) is 86.2 Å². The molecule has 1 heterocycles. The van der Waals surface area contributed by atoms with Gasteiger partial charge < -0.3 is 31.9 Å². The maximum Gasteiger partial charge on any atom is 0.314 e. The van der Waals surface area contributed by atoms with Crippen LogP contribution in [0.4, 0.5) is 4.79 Å². The Balaban J connectivity index is 1.69. The van der Waals surface area contributed by atoms with Crippen LogP contribution >= 0.6 is 0 Å². The molecule has 0 saturated carbocycles. The molecule has 11 nitrogen and oxygen atoms in total. The van der Waals surface area contributed by atoms with Gasteiger partial charge >= 0.3 is 6.03 Å². The van der Waals surface area contributed by atoms with Crippen LogP contribution in [0.1, 0.15) is 89.2 Å². The van der Waals surface area contributed by atoms with Gasteiger partial charge in [0.05, 0.1) is 12.6 Å². The summed E-state index contributed by atoms with van der Waals surface area (Å²) in [5.74, 6) is -1.49. The molecule has 1 aliphatic heterocycles. The number of carbonyl (C=O) groups excluding carboxylic acids is 5. The molecule has 1 fully saturated rings. The van der Waals surface area contributed by atoms with Crippen molar-refractivity contribution in [2.75, 3.05) is 39.8 Å². The molecule has 0 aliphatic carbocycles. The number of hydrogen-bond donors (Lipinski definition) is 5. The molecule has 0 spiro atoms. The summed E-state index contributed by atoms with van der Waals surface area (Å²) in [5.41, 5.74) is 7.89. The van der Waals surface area contributed by atoms with Crippen molar-refractivity contribution in [2.45, 2.75) is 96.6 Å². The highest BCUT2D eigenvalue weighted by molar-refractivity contribution is 5.94. The molecule has 1 aliphatic rings. The molecular weight excluding hydrogens is 656 g/mol. The Kier molecular flexibility index (Phi) is 18.5. The highest BCUT2D eigenvalue weighted by Crippen LogP contribution is 2.23. The third-order valence-corrected chi connectivity index (χ3v) is 9.90. The second-order valence-electron chi connectivity index (χ2n) is 14.7. The predicted molar refractivity (Wildman–Crippen MR) is 206 cm³/mol. The number of hydrogen-bond acceptors (Lipinski definition) is 7. The molecule has 0 aromatic heterocycles. The second kappa shape index (κ2) is 22.8. The number of carbonyl (C=O) groups is 5. The lowest BCUT2D eigenvalue weighted by atomic mass is 9.88. The van der Waals surface area contributed by atoms with Crippen LogP contribution in [0.2, 0.25) is 0 Å². The molecule has 4 amide bonds. The summed E-state index contributed by atoms with van der Waals surface area (Å²) in [6.07, 6.45) is 4.12. The van der Waals surface area contributed by atoms with Gasteiger partial charge in [-0.1, -0.05) is 87.9 Å². The van der Waals surface area contributed by atoms with Crippen LogP contribution in [0, 0.1) is 17.8 Å². The zero-order chi connectivity index (χ0) is 37.9. The number of Topliss-reactive ketones (excluding diaryl/α,β-unsaturated/α-hetero) is 2. The molecule has 2 aromatic rings. The molecule has 286 valence electrons. The van der Waals surface area contributed by atoms with Crippen molar-refractivity contribution in [1.29, 1.82) is 0 Å². The van der Waals surface area contributed by atoms with Gasteiger partial charge in [0.1, 0.15) is 5.78 Å². The van der Waals surface area contributed by atoms with E-state index < -0.39 is 17.9 Å². The maximum atomic E-state index is 14.0. The Labute approximate surface area is 310 Å². The number of unbranched alkanes of at least 4 members (excludes halogenated alkanes) is 1. The van der Waals surface area contributed by atoms with E-state index in [1.807, 2.05) is 62.4 Å². The molecule has 3 rings (SSSR count). The molecule has 4 atom stereocenters. The normalized spacial score (nSPS) is 15.7. The van der Waals surface area contributed by atoms with Gasteiger partial charge in [0.25, 0.3) is 0 Å². The lowest BCUT2D eigenvalue weighted by molar-refractivity contribution is -0.140. The van der Waals surface area contributed by atoms with E-state index in [2.05, 4.69) is 40.3 Å². The van der Waals surface area contributed by atoms with Gasteiger partial charge in [-0.15, -0.1) is 0 Å². The average molecular weight is 719 g/mol. The van der Waals surface area contributed by atoms with Crippen molar-refractivity contribution < 1.29 is 24.0 Å². The van der Waals surface area contributed by atoms with E-state index >= 15 is 0 Å². The number of likely N-dealkylation sites (tertiary alicyclic amines) is 1. The summed E-state index contributed by atoms with van der Waals surface area (Å²) in [5, 5.41) is 11.8. The summed E-state index contributed by atoms with van der Waals surface area (Å²) >= 11 is 0. The summed E-state index contributed by atoms with van der Waals surface area (Å²) in [4.78, 5) is 68.7. The Morgan fingerprint density at radius 3 is 2.13 bits per heavy atom. The Morgan fingerprint density at radius 1 is 0.865 bits per heavy atom. The van der Waals surface area contributed by atoms with E-state index in [1.54, 1.807) is 11.9 Å². The van der Waals surface area contributed by atoms with Crippen molar-refractivity contribution in [3.63, 3.8) is 0 Å². The van der Waals surface area contributed by atoms with Crippen LogP contribution in [0.3, 0.4) is 0 Å². The molecule has 52 heavy (non-hydrogen) atoms. The number of rotatable bonds is 22. The Bertz CT molecular complexity index is 1400. The highest BCUT2D eigenvalue weighted by atomic mass is 16.2. The van der Waals surface area contributed by atoms with Crippen LogP contribution in [-0.2, 0) is 25.6 Å². The molecule has 11 heteroatoms. The van der Waals surface area contributed by atoms with E-state index in [1.165, 1.54) is 5.56 Å². The number of nitrogens with zero attached hydrogens (tertiary/aromatic N) is 1. The monoisotopic (exact) mass is 718 g/mol. The van der Waals surface area contributed by atoms with E-state index in [4.69, 9.17) is 5.73 Å². The minimum absolute atomic E-state index is 0.0172. The smallest absolute Gasteiger partial charge is 0.314 e. The third-order valence-electron chi connectivity index (χ3n) is 9.90. The number of piperidine rings is 1. The topological polar surface area (TPSA) is 163 Å². The van der Waals surface area contributed by atoms with E-state index in [0.29, 0.717) is 58.3 Å². The molecule has 6 N–H and O–H groups in total. The molecule has 2 aromatic carbocycles. The summed E-state index contributed by atoms with van der Waals surface area (Å²) < 4.78 is 0. The fourth-order valence-corrected chi connectivity index (χ4v) is 6.86. The number of ketones is 2. The van der Waals surface area contributed by atoms with Crippen LogP contribution in [0.15, 0.2) is 60.7 Å². The van der Waals surface area contributed by atoms with Crippen LogP contribution in [0.25, 0.3) is 0 Å². The van der Waals surface area contributed by atoms with Crippen molar-refractivity contribution in [1.82, 2.24) is 26.2 Å². The molecule has 1 saturated heterocycles. The largest absolute Gasteiger partial charge is 0.346 e. The fourth-order valence-electron chi connectivity index (χ4n) is 6.86. The van der Waals surface area contributed by atoms with Gasteiger partial charge in [0, 0.05) is 57.4 Å². The Hall–Kier alpha value is -4.09. The highest BCUT2D eigenvalue weighted by Gasteiger charge is 2.33. The van der Waals surface area contributed by atoms with Crippen molar-refractivity contribution >= 4 is 29.4 Å². The van der Waals surface area contributed by atoms with Gasteiger partial charge in [0.2, 0.25) is 11.8 Å². The van der Waals surface area contributed by atoms with Gasteiger partial charge in [-0.05, 0) is 68.0 Å². The average Bonchev–Trinajstić information content (AvgIpc) is 3.14. The first-order valence-corrected chi connectivity index (χ1v) is 19.1. The van der Waals surface area contributed by atoms with Crippen molar-refractivity contribution in [3.05, 3.63) is 71.8 Å². The lowest BCUT2D eigenvalue weighted by Gasteiger charge is -2.35. The van der Waals surface area contributed by atoms with Gasteiger partial charge in [-0.2, -0.15) is 0 Å². The first kappa shape index (κ1) is 42.3. The molecule has 0 bridgehead atoms. The summed E-state index contributed by atoms with van der Waals surface area (Å²) in [6, 6.07) is 18.7. The minimum Gasteiger partial charge on any atom is -0.346 e. The summed E-state index contributed by atoms with van der Waals surface area (Å²) in [7, 11) is 1.57. The number of nitrogens with two attached hydrogens (primary N) is 1. The second-order valence-corrected chi connectivity index (χ2v) is 14.7. The number of amides is 4. The van der Waals surface area contributed by atoms with E-state index in [-0.39, 0.29) is 66.7 Å². The predicted octanol–water partition coefficient (Wildman–Crippen LogP) is 4.35.